The van der Waals surface area contributed by atoms with E-state index in [9.17, 15) is 19.2 Å². The second kappa shape index (κ2) is 12.6. The van der Waals surface area contributed by atoms with Gasteiger partial charge in [-0.25, -0.2) is 9.59 Å². The molecule has 0 saturated heterocycles. The summed E-state index contributed by atoms with van der Waals surface area (Å²) in [6.45, 7) is 10.8. The zero-order valence-corrected chi connectivity index (χ0v) is 21.6. The smallest absolute Gasteiger partial charge is 0.336 e. The predicted molar refractivity (Wildman–Crippen MR) is 132 cm³/mol. The molecule has 2 heterocycles. The van der Waals surface area contributed by atoms with Crippen LogP contribution in [0.15, 0.2) is 45.1 Å². The Morgan fingerprint density at radius 3 is 1.68 bits per heavy atom. The first-order chi connectivity index (χ1) is 16.1. The number of ketones is 2. The van der Waals surface area contributed by atoms with Crippen LogP contribution in [0.5, 0.6) is 0 Å². The molecule has 2 rings (SSSR count). The van der Waals surface area contributed by atoms with E-state index in [4.69, 9.17) is 9.47 Å². The first-order valence-electron chi connectivity index (χ1n) is 11.4. The van der Waals surface area contributed by atoms with E-state index in [1.54, 1.807) is 6.92 Å². The molecule has 0 unspecified atom stereocenters. The van der Waals surface area contributed by atoms with Crippen molar-refractivity contribution in [3.8, 4) is 0 Å². The lowest BCUT2D eigenvalue weighted by Gasteiger charge is -2.23. The van der Waals surface area contributed by atoms with Gasteiger partial charge in [0.1, 0.15) is 13.2 Å². The first kappa shape index (κ1) is 27.4. The molecule has 0 aromatic rings. The van der Waals surface area contributed by atoms with Crippen molar-refractivity contribution in [2.45, 2.75) is 60.8 Å². The third kappa shape index (κ3) is 7.09. The molecular formula is C25H34N2O6S. The van der Waals surface area contributed by atoms with Gasteiger partial charge < -0.3 is 20.1 Å². The van der Waals surface area contributed by atoms with E-state index in [1.165, 1.54) is 25.6 Å². The topological polar surface area (TPSA) is 111 Å². The molecule has 0 bridgehead atoms. The van der Waals surface area contributed by atoms with Crippen LogP contribution in [0.25, 0.3) is 0 Å². The van der Waals surface area contributed by atoms with Gasteiger partial charge in [-0.1, -0.05) is 6.92 Å². The number of nitrogens with one attached hydrogen (secondary N) is 2. The zero-order valence-electron chi connectivity index (χ0n) is 20.8. The second-order valence-corrected chi connectivity index (χ2v) is 9.45. The minimum atomic E-state index is -0.434. The van der Waals surface area contributed by atoms with Gasteiger partial charge in [0.25, 0.3) is 0 Å². The van der Waals surface area contributed by atoms with E-state index < -0.39 is 11.9 Å². The van der Waals surface area contributed by atoms with Crippen molar-refractivity contribution in [1.82, 2.24) is 10.6 Å². The van der Waals surface area contributed by atoms with Gasteiger partial charge in [0.2, 0.25) is 0 Å². The summed E-state index contributed by atoms with van der Waals surface area (Å²) in [5, 5.41) is 6.22. The molecule has 0 aliphatic carbocycles. The maximum absolute atomic E-state index is 12.6. The highest BCUT2D eigenvalue weighted by Gasteiger charge is 2.26. The number of thioether (sulfide) groups is 1. The van der Waals surface area contributed by atoms with E-state index in [-0.39, 0.29) is 37.6 Å². The van der Waals surface area contributed by atoms with Crippen LogP contribution in [0.3, 0.4) is 0 Å². The normalized spacial score (nSPS) is 16.3. The fourth-order valence-corrected chi connectivity index (χ4v) is 4.44. The Labute approximate surface area is 205 Å². The number of Topliss-reactive ketones (excluding diaryl/α,β-unsaturated/α-hetero) is 2. The third-order valence-electron chi connectivity index (χ3n) is 5.76. The van der Waals surface area contributed by atoms with Gasteiger partial charge in [-0.05, 0) is 41.0 Å². The van der Waals surface area contributed by atoms with Gasteiger partial charge in [-0.15, -0.1) is 0 Å². The molecule has 0 spiro atoms. The Bertz CT molecular complexity index is 1000. The minimum absolute atomic E-state index is 0.0609. The summed E-state index contributed by atoms with van der Waals surface area (Å²) in [6, 6.07) is 0. The number of carbonyl (C=O) groups is 4. The van der Waals surface area contributed by atoms with Gasteiger partial charge in [-0.3, -0.25) is 9.59 Å². The number of hydrogen-bond acceptors (Lipinski definition) is 9. The Morgan fingerprint density at radius 1 is 0.735 bits per heavy atom. The van der Waals surface area contributed by atoms with Crippen molar-refractivity contribution in [2.75, 3.05) is 24.7 Å². The van der Waals surface area contributed by atoms with Crippen LogP contribution in [-0.4, -0.2) is 48.2 Å². The second-order valence-electron chi connectivity index (χ2n) is 8.22. The highest BCUT2D eigenvalue weighted by Crippen LogP contribution is 2.26. The van der Waals surface area contributed by atoms with Crippen molar-refractivity contribution in [1.29, 1.82) is 0 Å². The standard InChI is InChI=1S/C25H34N2O6S/c1-7-23-22(13-20(18(6)29)15(3)27-23)25(31)33-9-11-34-10-8-32-24(30)21-12-19(17(5)28)14(2)26-16(21)4/h26-27H,7-13H2,1-6H3. The summed E-state index contributed by atoms with van der Waals surface area (Å²) in [5.41, 5.74) is 5.17. The molecule has 0 amide bonds. The molecule has 9 heteroatoms. The van der Waals surface area contributed by atoms with Crippen molar-refractivity contribution in [3.05, 3.63) is 45.1 Å². The maximum Gasteiger partial charge on any atom is 0.336 e. The molecular weight excluding hydrogens is 456 g/mol. The fraction of sp³-hybridized carbons (Fsp3) is 0.520. The van der Waals surface area contributed by atoms with Gasteiger partial charge in [0.15, 0.2) is 11.6 Å². The number of ether oxygens (including phenoxy) is 2. The van der Waals surface area contributed by atoms with Crippen LogP contribution < -0.4 is 10.6 Å². The summed E-state index contributed by atoms with van der Waals surface area (Å²) >= 11 is 1.50. The molecule has 0 aromatic carbocycles. The number of allylic oxidation sites excluding steroid dienone is 6. The minimum Gasteiger partial charge on any atom is -0.461 e. The average Bonchev–Trinajstić information content (AvgIpc) is 2.77. The molecule has 2 aliphatic heterocycles. The van der Waals surface area contributed by atoms with Crippen LogP contribution in [0.2, 0.25) is 0 Å². The maximum atomic E-state index is 12.6. The lowest BCUT2D eigenvalue weighted by molar-refractivity contribution is -0.139. The van der Waals surface area contributed by atoms with Crippen LogP contribution in [-0.2, 0) is 28.7 Å². The van der Waals surface area contributed by atoms with Gasteiger partial charge >= 0.3 is 11.9 Å². The van der Waals surface area contributed by atoms with Gasteiger partial charge in [0, 0.05) is 58.3 Å². The molecule has 2 N–H and O–H groups in total. The molecule has 0 saturated carbocycles. The quantitative estimate of drug-likeness (QED) is 0.332. The lowest BCUT2D eigenvalue weighted by Crippen LogP contribution is -2.26. The van der Waals surface area contributed by atoms with Crippen LogP contribution in [0.4, 0.5) is 0 Å². The molecule has 0 radical (unpaired) electrons. The third-order valence-corrected chi connectivity index (χ3v) is 6.67. The van der Waals surface area contributed by atoms with E-state index >= 15 is 0 Å². The van der Waals surface area contributed by atoms with Crippen LogP contribution in [0.1, 0.15) is 60.8 Å². The van der Waals surface area contributed by atoms with E-state index in [2.05, 4.69) is 10.6 Å². The molecule has 186 valence electrons. The molecule has 0 fully saturated rings. The summed E-state index contributed by atoms with van der Waals surface area (Å²) in [6.07, 6.45) is 1.19. The van der Waals surface area contributed by atoms with E-state index in [0.717, 1.165) is 17.1 Å². The Morgan fingerprint density at radius 2 is 1.18 bits per heavy atom. The Kier molecular flexibility index (Phi) is 10.2. The summed E-state index contributed by atoms with van der Waals surface area (Å²) in [4.78, 5) is 48.6. The molecule has 0 aromatic heterocycles. The number of hydrogen-bond donors (Lipinski definition) is 2. The van der Waals surface area contributed by atoms with Crippen molar-refractivity contribution < 1.29 is 28.7 Å². The van der Waals surface area contributed by atoms with E-state index in [1.807, 2.05) is 20.8 Å². The molecule has 0 atom stereocenters. The SMILES string of the molecule is CCC1=C(C(=O)OCCSCCOC(=O)C2=C(C)NC(C)=C(C(C)=O)C2)CC(C(C)=O)=C(C)N1. The molecule has 34 heavy (non-hydrogen) atoms. The summed E-state index contributed by atoms with van der Waals surface area (Å²) < 4.78 is 10.8. The highest BCUT2D eigenvalue weighted by atomic mass is 32.2. The van der Waals surface area contributed by atoms with Crippen molar-refractivity contribution >= 4 is 35.3 Å². The number of rotatable bonds is 11. The number of carbonyl (C=O) groups excluding carboxylic acids is 4. The predicted octanol–water partition coefficient (Wildman–Crippen LogP) is 3.46. The zero-order chi connectivity index (χ0) is 25.4. The Balaban J connectivity index is 1.72. The highest BCUT2D eigenvalue weighted by molar-refractivity contribution is 7.99. The lowest BCUT2D eigenvalue weighted by atomic mass is 9.94. The summed E-state index contributed by atoms with van der Waals surface area (Å²) in [5.74, 6) is 0.130. The van der Waals surface area contributed by atoms with Crippen molar-refractivity contribution in [2.24, 2.45) is 0 Å². The molecule has 8 nitrogen and oxygen atoms in total. The monoisotopic (exact) mass is 490 g/mol. The fourth-order valence-electron chi connectivity index (χ4n) is 3.83. The number of dihydropyridines is 2. The van der Waals surface area contributed by atoms with E-state index in [0.29, 0.717) is 45.9 Å². The average molecular weight is 491 g/mol. The Hall–Kier alpha value is -2.81. The van der Waals surface area contributed by atoms with Crippen molar-refractivity contribution in [3.63, 3.8) is 0 Å². The molecule has 2 aliphatic rings. The first-order valence-corrected chi connectivity index (χ1v) is 12.5. The van der Waals surface area contributed by atoms with Gasteiger partial charge in [-0.2, -0.15) is 11.8 Å². The van der Waals surface area contributed by atoms with Crippen LogP contribution >= 0.6 is 11.8 Å². The summed E-state index contributed by atoms with van der Waals surface area (Å²) in [7, 11) is 0. The van der Waals surface area contributed by atoms with Crippen LogP contribution in [0, 0.1) is 0 Å². The van der Waals surface area contributed by atoms with Gasteiger partial charge in [0.05, 0.1) is 11.1 Å². The largest absolute Gasteiger partial charge is 0.461 e. The number of esters is 2.